The van der Waals surface area contributed by atoms with Gasteiger partial charge in [-0.1, -0.05) is 0 Å². The molecule has 1 aromatic carbocycles. The van der Waals surface area contributed by atoms with Crippen LogP contribution < -0.4 is 0 Å². The van der Waals surface area contributed by atoms with Gasteiger partial charge in [-0.2, -0.15) is 18.4 Å². The van der Waals surface area contributed by atoms with Gasteiger partial charge in [-0.15, -0.1) is 0 Å². The van der Waals surface area contributed by atoms with E-state index in [1.165, 1.54) is 35.4 Å². The van der Waals surface area contributed by atoms with Crippen molar-refractivity contribution in [1.82, 2.24) is 9.55 Å². The maximum atomic E-state index is 12.8. The Labute approximate surface area is 94.7 Å². The summed E-state index contributed by atoms with van der Waals surface area (Å²) in [6.07, 6.45) is -0.432. The second-order valence-electron chi connectivity index (χ2n) is 3.31. The highest BCUT2D eigenvalue weighted by molar-refractivity contribution is 5.48. The Morgan fingerprint density at radius 3 is 2.59 bits per heavy atom. The minimum atomic E-state index is -4.51. The molecule has 17 heavy (non-hydrogen) atoms. The summed E-state index contributed by atoms with van der Waals surface area (Å²) in [5.41, 5.74) is -0.926. The lowest BCUT2D eigenvalue weighted by molar-refractivity contribution is -0.137. The van der Waals surface area contributed by atoms with Crippen LogP contribution in [0.25, 0.3) is 5.69 Å². The molecule has 86 valence electrons. The number of hydrogen-bond acceptors (Lipinski definition) is 2. The van der Waals surface area contributed by atoms with Crippen molar-refractivity contribution in [3.63, 3.8) is 0 Å². The number of benzene rings is 1. The predicted octanol–water partition coefficient (Wildman–Crippen LogP) is 2.76. The fourth-order valence-corrected chi connectivity index (χ4v) is 1.46. The van der Waals surface area contributed by atoms with E-state index < -0.39 is 11.7 Å². The van der Waals surface area contributed by atoms with Gasteiger partial charge >= 0.3 is 6.18 Å². The van der Waals surface area contributed by atoms with E-state index in [9.17, 15) is 13.2 Å². The van der Waals surface area contributed by atoms with E-state index in [1.54, 1.807) is 6.07 Å². The van der Waals surface area contributed by atoms with E-state index in [0.717, 1.165) is 6.07 Å². The van der Waals surface area contributed by atoms with E-state index in [0.29, 0.717) is 0 Å². The quantitative estimate of drug-likeness (QED) is 0.765. The van der Waals surface area contributed by atoms with Crippen LogP contribution in [0.2, 0.25) is 0 Å². The maximum absolute atomic E-state index is 12.8. The lowest BCUT2D eigenvalue weighted by Gasteiger charge is -2.13. The minimum absolute atomic E-state index is 0.0267. The Hall–Kier alpha value is -2.29. The molecule has 3 nitrogen and oxygen atoms in total. The molecule has 0 amide bonds. The largest absolute Gasteiger partial charge is 0.418 e. The predicted molar refractivity (Wildman–Crippen MR) is 53.3 cm³/mol. The van der Waals surface area contributed by atoms with Crippen molar-refractivity contribution in [2.24, 2.45) is 0 Å². The first-order chi connectivity index (χ1) is 8.02. The smallest absolute Gasteiger partial charge is 0.306 e. The summed E-state index contributed by atoms with van der Waals surface area (Å²) < 4.78 is 39.7. The molecule has 0 fully saturated rings. The first-order valence-corrected chi connectivity index (χ1v) is 4.62. The highest BCUT2D eigenvalue weighted by atomic mass is 19.4. The van der Waals surface area contributed by atoms with Crippen molar-refractivity contribution < 1.29 is 13.2 Å². The van der Waals surface area contributed by atoms with Crippen LogP contribution in [0.5, 0.6) is 0 Å². The van der Waals surface area contributed by atoms with Gasteiger partial charge in [0.2, 0.25) is 0 Å². The molecule has 2 rings (SSSR count). The van der Waals surface area contributed by atoms with Gasteiger partial charge in [-0.05, 0) is 18.2 Å². The van der Waals surface area contributed by atoms with Crippen molar-refractivity contribution in [3.8, 4) is 11.8 Å². The first kappa shape index (κ1) is 11.2. The van der Waals surface area contributed by atoms with E-state index in [4.69, 9.17) is 5.26 Å². The van der Waals surface area contributed by atoms with E-state index in [-0.39, 0.29) is 11.3 Å². The Kier molecular flexibility index (Phi) is 2.60. The van der Waals surface area contributed by atoms with Gasteiger partial charge in [0.15, 0.2) is 0 Å². The summed E-state index contributed by atoms with van der Waals surface area (Å²) in [5.74, 6) is 0. The van der Waals surface area contributed by atoms with E-state index >= 15 is 0 Å². The Morgan fingerprint density at radius 1 is 1.29 bits per heavy atom. The number of rotatable bonds is 1. The van der Waals surface area contributed by atoms with Crippen molar-refractivity contribution in [2.75, 3.05) is 0 Å². The lowest BCUT2D eigenvalue weighted by atomic mass is 10.1. The van der Waals surface area contributed by atoms with Crippen LogP contribution in [-0.2, 0) is 6.18 Å². The molecule has 0 spiro atoms. The molecular formula is C11H6F3N3. The van der Waals surface area contributed by atoms with Gasteiger partial charge in [0.25, 0.3) is 0 Å². The molecule has 1 aromatic heterocycles. The zero-order valence-corrected chi connectivity index (χ0v) is 8.44. The van der Waals surface area contributed by atoms with Crippen LogP contribution in [0.1, 0.15) is 11.1 Å². The number of halogens is 3. The molecule has 0 saturated heterocycles. The lowest BCUT2D eigenvalue weighted by Crippen LogP contribution is -2.10. The molecule has 0 aliphatic carbocycles. The summed E-state index contributed by atoms with van der Waals surface area (Å²) in [6.45, 7) is 0. The summed E-state index contributed by atoms with van der Waals surface area (Å²) in [7, 11) is 0. The zero-order valence-electron chi connectivity index (χ0n) is 8.44. The van der Waals surface area contributed by atoms with Crippen molar-refractivity contribution in [3.05, 3.63) is 48.0 Å². The SMILES string of the molecule is N#Cc1ccc(-n2ccnc2)c(C(F)(F)F)c1. The second kappa shape index (κ2) is 3.94. The highest BCUT2D eigenvalue weighted by Gasteiger charge is 2.34. The topological polar surface area (TPSA) is 41.6 Å². The molecule has 0 radical (unpaired) electrons. The average Bonchev–Trinajstić information content (AvgIpc) is 2.80. The van der Waals surface area contributed by atoms with Crippen molar-refractivity contribution >= 4 is 0 Å². The second-order valence-corrected chi connectivity index (χ2v) is 3.31. The molecule has 0 atom stereocenters. The van der Waals surface area contributed by atoms with Crippen LogP contribution in [0.15, 0.2) is 36.9 Å². The van der Waals surface area contributed by atoms with Crippen LogP contribution in [0.4, 0.5) is 13.2 Å². The molecule has 0 aliphatic rings. The van der Waals surface area contributed by atoms with Crippen molar-refractivity contribution in [1.29, 1.82) is 5.26 Å². The van der Waals surface area contributed by atoms with Crippen LogP contribution in [0.3, 0.4) is 0 Å². The number of imidazole rings is 1. The Morgan fingerprint density at radius 2 is 2.06 bits per heavy atom. The maximum Gasteiger partial charge on any atom is 0.418 e. The van der Waals surface area contributed by atoms with Gasteiger partial charge in [-0.3, -0.25) is 0 Å². The summed E-state index contributed by atoms with van der Waals surface area (Å²) in [4.78, 5) is 3.69. The zero-order chi connectivity index (χ0) is 12.5. The molecule has 0 N–H and O–H groups in total. The van der Waals surface area contributed by atoms with Gasteiger partial charge in [0.1, 0.15) is 0 Å². The fourth-order valence-electron chi connectivity index (χ4n) is 1.46. The molecule has 0 bridgehead atoms. The van der Waals surface area contributed by atoms with Gasteiger partial charge in [0.05, 0.1) is 29.2 Å². The molecule has 2 aromatic rings. The highest BCUT2D eigenvalue weighted by Crippen LogP contribution is 2.34. The van der Waals surface area contributed by atoms with Crippen LogP contribution in [-0.4, -0.2) is 9.55 Å². The number of nitriles is 1. The molecular weight excluding hydrogens is 231 g/mol. The summed E-state index contributed by atoms with van der Waals surface area (Å²) in [5, 5.41) is 8.61. The molecule has 1 heterocycles. The number of nitrogens with zero attached hydrogens (tertiary/aromatic N) is 3. The third-order valence-corrected chi connectivity index (χ3v) is 2.21. The monoisotopic (exact) mass is 237 g/mol. The average molecular weight is 237 g/mol. The van der Waals surface area contributed by atoms with E-state index in [2.05, 4.69) is 4.98 Å². The molecule has 6 heteroatoms. The fraction of sp³-hybridized carbons (Fsp3) is 0.0909. The Bertz CT molecular complexity index is 565. The summed E-state index contributed by atoms with van der Waals surface area (Å²) in [6, 6.07) is 5.11. The third-order valence-electron chi connectivity index (χ3n) is 2.21. The normalized spacial score (nSPS) is 11.2. The Balaban J connectivity index is 2.65. The van der Waals surface area contributed by atoms with Crippen LogP contribution >= 0.6 is 0 Å². The van der Waals surface area contributed by atoms with E-state index in [1.807, 2.05) is 0 Å². The number of aromatic nitrogens is 2. The standard InChI is InChI=1S/C11H6F3N3/c12-11(13,14)9-5-8(6-15)1-2-10(9)17-4-3-16-7-17/h1-5,7H. The number of hydrogen-bond donors (Lipinski definition) is 0. The van der Waals surface area contributed by atoms with Crippen LogP contribution in [0, 0.1) is 11.3 Å². The molecule has 0 saturated carbocycles. The van der Waals surface area contributed by atoms with Gasteiger partial charge in [0, 0.05) is 12.4 Å². The number of alkyl halides is 3. The molecule has 0 aliphatic heterocycles. The third kappa shape index (κ3) is 2.13. The minimum Gasteiger partial charge on any atom is -0.306 e. The van der Waals surface area contributed by atoms with Gasteiger partial charge in [-0.25, -0.2) is 4.98 Å². The van der Waals surface area contributed by atoms with Gasteiger partial charge < -0.3 is 4.57 Å². The van der Waals surface area contributed by atoms with Crippen molar-refractivity contribution in [2.45, 2.75) is 6.18 Å². The molecule has 0 unspecified atom stereocenters. The summed E-state index contributed by atoms with van der Waals surface area (Å²) >= 11 is 0. The first-order valence-electron chi connectivity index (χ1n) is 4.62.